The number of hydrogen-bond donors (Lipinski definition) is 0. The largest absolute Gasteiger partial charge is 0.299 e. The normalized spacial score (nSPS) is 40.6. The molecule has 0 aromatic rings. The van der Waals surface area contributed by atoms with Gasteiger partial charge < -0.3 is 0 Å². The highest BCUT2D eigenvalue weighted by Crippen LogP contribution is 2.49. The molecule has 0 aliphatic heterocycles. The zero-order valence-electron chi connectivity index (χ0n) is 6.16. The number of hydrogen-bond acceptors (Lipinski definition) is 3. The van der Waals surface area contributed by atoms with Crippen LogP contribution in [0.5, 0.6) is 0 Å². The van der Waals surface area contributed by atoms with Crippen molar-refractivity contribution >= 4 is 17.3 Å². The van der Waals surface area contributed by atoms with Crippen LogP contribution >= 0.6 is 0 Å². The maximum absolute atomic E-state index is 11.2. The Bertz CT molecular complexity index is 247. The minimum atomic E-state index is -0.890. The molecule has 0 aromatic carbocycles. The first kappa shape index (κ1) is 6.70. The van der Waals surface area contributed by atoms with E-state index in [1.54, 1.807) is 0 Å². The van der Waals surface area contributed by atoms with Crippen LogP contribution in [0.15, 0.2) is 0 Å². The summed E-state index contributed by atoms with van der Waals surface area (Å²) >= 11 is 0. The van der Waals surface area contributed by atoms with Crippen molar-refractivity contribution in [3.63, 3.8) is 0 Å². The lowest BCUT2D eigenvalue weighted by Gasteiger charge is -2.02. The summed E-state index contributed by atoms with van der Waals surface area (Å²) in [6.45, 7) is 1.31. The van der Waals surface area contributed by atoms with Crippen molar-refractivity contribution in [1.82, 2.24) is 0 Å². The summed E-state index contributed by atoms with van der Waals surface area (Å²) < 4.78 is 0. The quantitative estimate of drug-likeness (QED) is 0.496. The van der Waals surface area contributed by atoms with E-state index < -0.39 is 5.92 Å². The molecule has 2 fully saturated rings. The van der Waals surface area contributed by atoms with Crippen LogP contribution in [0.3, 0.4) is 0 Å². The standard InChI is InChI=1S/C8H8O3/c1-3(9)6-7(10)4-2-5(4)8(6)11/h4-6H,2H2,1H3/t4-,5+,6?. The van der Waals surface area contributed by atoms with Gasteiger partial charge in [-0.3, -0.25) is 14.4 Å². The first-order valence-corrected chi connectivity index (χ1v) is 3.71. The molecule has 0 amide bonds. The van der Waals surface area contributed by atoms with Gasteiger partial charge >= 0.3 is 0 Å². The summed E-state index contributed by atoms with van der Waals surface area (Å²) in [6.07, 6.45) is 0.696. The molecule has 58 valence electrons. The summed E-state index contributed by atoms with van der Waals surface area (Å²) in [5, 5.41) is 0. The SMILES string of the molecule is CC(=O)C1C(=O)[C@H]2C[C@H]2C1=O. The van der Waals surface area contributed by atoms with E-state index in [2.05, 4.69) is 0 Å². The van der Waals surface area contributed by atoms with Gasteiger partial charge in [-0.2, -0.15) is 0 Å². The first-order valence-electron chi connectivity index (χ1n) is 3.71. The number of fused-ring (bicyclic) bond motifs is 1. The maximum atomic E-state index is 11.2. The lowest BCUT2D eigenvalue weighted by Crippen LogP contribution is -2.26. The summed E-state index contributed by atoms with van der Waals surface area (Å²) in [7, 11) is 0. The van der Waals surface area contributed by atoms with Crippen molar-refractivity contribution in [3.05, 3.63) is 0 Å². The minimum Gasteiger partial charge on any atom is -0.299 e. The molecule has 3 nitrogen and oxygen atoms in total. The van der Waals surface area contributed by atoms with E-state index in [1.165, 1.54) is 6.92 Å². The number of carbonyl (C=O) groups excluding carboxylic acids is 3. The minimum absolute atomic E-state index is 0.0867. The Hall–Kier alpha value is -0.990. The van der Waals surface area contributed by atoms with Gasteiger partial charge in [0.1, 0.15) is 11.7 Å². The molecule has 0 heterocycles. The Morgan fingerprint density at radius 3 is 2.00 bits per heavy atom. The molecule has 1 unspecified atom stereocenters. The Labute approximate surface area is 63.8 Å². The predicted octanol–water partition coefficient (Wildman–Crippen LogP) is -0.0205. The smallest absolute Gasteiger partial charge is 0.154 e. The zero-order chi connectivity index (χ0) is 8.17. The molecule has 0 N–H and O–H groups in total. The monoisotopic (exact) mass is 152 g/mol. The molecule has 3 atom stereocenters. The third-order valence-corrected chi connectivity index (χ3v) is 2.50. The second kappa shape index (κ2) is 1.78. The van der Waals surface area contributed by atoms with Crippen molar-refractivity contribution < 1.29 is 14.4 Å². The van der Waals surface area contributed by atoms with Gasteiger partial charge in [0, 0.05) is 11.8 Å². The fourth-order valence-corrected chi connectivity index (χ4v) is 1.79. The van der Waals surface area contributed by atoms with Crippen LogP contribution in [0.4, 0.5) is 0 Å². The molecule has 0 bridgehead atoms. The van der Waals surface area contributed by atoms with E-state index >= 15 is 0 Å². The van der Waals surface area contributed by atoms with Crippen LogP contribution < -0.4 is 0 Å². The molecule has 11 heavy (non-hydrogen) atoms. The summed E-state index contributed by atoms with van der Waals surface area (Å²) in [5.41, 5.74) is 0. The number of rotatable bonds is 1. The van der Waals surface area contributed by atoms with Crippen LogP contribution in [0.1, 0.15) is 13.3 Å². The Kier molecular flexibility index (Phi) is 1.09. The molecule has 0 saturated heterocycles. The van der Waals surface area contributed by atoms with Gasteiger partial charge in [-0.25, -0.2) is 0 Å². The fraction of sp³-hybridized carbons (Fsp3) is 0.625. The molecule has 2 rings (SSSR count). The van der Waals surface area contributed by atoms with Crippen LogP contribution in [-0.4, -0.2) is 17.3 Å². The summed E-state index contributed by atoms with van der Waals surface area (Å²) in [6, 6.07) is 0. The van der Waals surface area contributed by atoms with Crippen LogP contribution in [-0.2, 0) is 14.4 Å². The maximum Gasteiger partial charge on any atom is 0.154 e. The van der Waals surface area contributed by atoms with Gasteiger partial charge in [-0.1, -0.05) is 0 Å². The third-order valence-electron chi connectivity index (χ3n) is 2.50. The fourth-order valence-electron chi connectivity index (χ4n) is 1.79. The lowest BCUT2D eigenvalue weighted by atomic mass is 9.97. The highest BCUT2D eigenvalue weighted by atomic mass is 16.2. The van der Waals surface area contributed by atoms with Gasteiger partial charge in [-0.15, -0.1) is 0 Å². The van der Waals surface area contributed by atoms with Crippen molar-refractivity contribution in [2.45, 2.75) is 13.3 Å². The molecule has 0 spiro atoms. The van der Waals surface area contributed by atoms with E-state index in [0.29, 0.717) is 6.42 Å². The number of ketones is 3. The number of carbonyl (C=O) groups is 3. The molecular formula is C8H8O3. The lowest BCUT2D eigenvalue weighted by molar-refractivity contribution is -0.136. The summed E-state index contributed by atoms with van der Waals surface area (Å²) in [4.78, 5) is 33.1. The molecule has 2 saturated carbocycles. The highest BCUT2D eigenvalue weighted by molar-refractivity contribution is 6.26. The van der Waals surface area contributed by atoms with Crippen LogP contribution in [0.25, 0.3) is 0 Å². The molecular weight excluding hydrogens is 144 g/mol. The van der Waals surface area contributed by atoms with E-state index in [4.69, 9.17) is 0 Å². The van der Waals surface area contributed by atoms with Gasteiger partial charge in [0.2, 0.25) is 0 Å². The molecule has 3 heteroatoms. The molecule has 0 aromatic heterocycles. The Balaban J connectivity index is 2.30. The van der Waals surface area contributed by atoms with Crippen molar-refractivity contribution in [3.8, 4) is 0 Å². The van der Waals surface area contributed by atoms with Gasteiger partial charge in [0.15, 0.2) is 11.6 Å². The molecule has 0 radical (unpaired) electrons. The van der Waals surface area contributed by atoms with E-state index in [1.807, 2.05) is 0 Å². The van der Waals surface area contributed by atoms with Gasteiger partial charge in [-0.05, 0) is 13.3 Å². The molecule has 2 aliphatic rings. The molecule has 2 aliphatic carbocycles. The van der Waals surface area contributed by atoms with Crippen molar-refractivity contribution in [2.24, 2.45) is 17.8 Å². The average molecular weight is 152 g/mol. The summed E-state index contributed by atoms with van der Waals surface area (Å²) in [5.74, 6) is -1.61. The van der Waals surface area contributed by atoms with E-state index in [9.17, 15) is 14.4 Å². The van der Waals surface area contributed by atoms with Crippen LogP contribution in [0.2, 0.25) is 0 Å². The van der Waals surface area contributed by atoms with E-state index in [0.717, 1.165) is 0 Å². The van der Waals surface area contributed by atoms with Crippen molar-refractivity contribution in [2.75, 3.05) is 0 Å². The topological polar surface area (TPSA) is 51.2 Å². The Morgan fingerprint density at radius 1 is 1.27 bits per heavy atom. The van der Waals surface area contributed by atoms with E-state index in [-0.39, 0.29) is 29.2 Å². The Morgan fingerprint density at radius 2 is 1.73 bits per heavy atom. The predicted molar refractivity (Wildman–Crippen MR) is 35.8 cm³/mol. The number of Topliss-reactive ketones (excluding diaryl/α,β-unsaturated/α-hetero) is 3. The zero-order valence-corrected chi connectivity index (χ0v) is 6.16. The van der Waals surface area contributed by atoms with Crippen LogP contribution in [0, 0.1) is 17.8 Å². The van der Waals surface area contributed by atoms with Crippen molar-refractivity contribution in [1.29, 1.82) is 0 Å². The van der Waals surface area contributed by atoms with Gasteiger partial charge in [0.05, 0.1) is 0 Å². The highest BCUT2D eigenvalue weighted by Gasteiger charge is 2.60. The second-order valence-corrected chi connectivity index (χ2v) is 3.30. The third kappa shape index (κ3) is 0.708. The average Bonchev–Trinajstić information content (AvgIpc) is 2.59. The second-order valence-electron chi connectivity index (χ2n) is 3.30. The first-order chi connectivity index (χ1) is 5.13. The van der Waals surface area contributed by atoms with Gasteiger partial charge in [0.25, 0.3) is 0 Å².